The van der Waals surface area contributed by atoms with Crippen LogP contribution in [0.5, 0.6) is 17.2 Å². The summed E-state index contributed by atoms with van der Waals surface area (Å²) in [5.41, 5.74) is 0.306. The van der Waals surface area contributed by atoms with E-state index in [-0.39, 0.29) is 22.0 Å². The number of amides is 1. The van der Waals surface area contributed by atoms with Gasteiger partial charge in [-0.1, -0.05) is 6.42 Å². The first-order chi connectivity index (χ1) is 17.0. The van der Waals surface area contributed by atoms with Crippen LogP contribution in [-0.2, 0) is 24.8 Å². The Bertz CT molecular complexity index is 1310. The Morgan fingerprint density at radius 1 is 0.889 bits per heavy atom. The lowest BCUT2D eigenvalue weighted by Crippen LogP contribution is -2.37. The summed E-state index contributed by atoms with van der Waals surface area (Å²) >= 11 is 0. The molecule has 1 aliphatic rings. The quantitative estimate of drug-likeness (QED) is 0.485. The lowest BCUT2D eigenvalue weighted by Gasteiger charge is -2.26. The second-order valence-corrected chi connectivity index (χ2v) is 12.0. The average Bonchev–Trinajstić information content (AvgIpc) is 2.86. The number of carbonyl (C=O) groups is 1. The van der Waals surface area contributed by atoms with E-state index in [2.05, 4.69) is 5.32 Å². The van der Waals surface area contributed by atoms with Crippen LogP contribution in [0.1, 0.15) is 19.3 Å². The fourth-order valence-electron chi connectivity index (χ4n) is 3.90. The molecule has 2 aromatic rings. The van der Waals surface area contributed by atoms with Crippen molar-refractivity contribution in [3.05, 3.63) is 36.4 Å². The van der Waals surface area contributed by atoms with Gasteiger partial charge < -0.3 is 19.5 Å². The van der Waals surface area contributed by atoms with Gasteiger partial charge in [0.15, 0.2) is 11.5 Å². The molecule has 36 heavy (non-hydrogen) atoms. The normalized spacial score (nSPS) is 14.7. The monoisotopic (exact) mass is 541 g/mol. The Balaban J connectivity index is 1.88. The fourth-order valence-corrected chi connectivity index (χ4v) is 6.29. The number of methoxy groups -OCH3 is 3. The standard InChI is InChI=1S/C23H31N3O8S2/c1-32-20-11-9-18(36(30,31)25-12-6-5-7-13-25)15-19(20)24-23(27)16-26(35(4,28)29)17-8-10-21(33-2)22(14-17)34-3/h8-11,14-15H,5-7,12-13,16H2,1-4H3,(H,24,27). The van der Waals surface area contributed by atoms with Gasteiger partial charge in [0.05, 0.1) is 43.9 Å². The molecule has 0 saturated carbocycles. The molecule has 0 radical (unpaired) electrons. The van der Waals surface area contributed by atoms with Crippen LogP contribution in [0, 0.1) is 0 Å². The van der Waals surface area contributed by atoms with E-state index in [0.717, 1.165) is 29.8 Å². The zero-order valence-electron chi connectivity index (χ0n) is 20.7. The maximum atomic E-state index is 13.1. The summed E-state index contributed by atoms with van der Waals surface area (Å²) in [6.07, 6.45) is 3.53. The highest BCUT2D eigenvalue weighted by molar-refractivity contribution is 7.92. The van der Waals surface area contributed by atoms with Crippen LogP contribution in [0.15, 0.2) is 41.3 Å². The number of hydrogen-bond donors (Lipinski definition) is 1. The smallest absolute Gasteiger partial charge is 0.245 e. The number of rotatable bonds is 10. The Morgan fingerprint density at radius 2 is 1.50 bits per heavy atom. The molecule has 1 heterocycles. The molecule has 0 atom stereocenters. The minimum Gasteiger partial charge on any atom is -0.495 e. The fraction of sp³-hybridized carbons (Fsp3) is 0.435. The minimum atomic E-state index is -3.87. The van der Waals surface area contributed by atoms with Gasteiger partial charge in [0.25, 0.3) is 0 Å². The van der Waals surface area contributed by atoms with Crippen LogP contribution >= 0.6 is 0 Å². The van der Waals surface area contributed by atoms with E-state index in [1.807, 2.05) is 0 Å². The second-order valence-electron chi connectivity index (χ2n) is 8.18. The van der Waals surface area contributed by atoms with Gasteiger partial charge in [-0.15, -0.1) is 0 Å². The highest BCUT2D eigenvalue weighted by atomic mass is 32.2. The van der Waals surface area contributed by atoms with Gasteiger partial charge >= 0.3 is 0 Å². The zero-order valence-corrected chi connectivity index (χ0v) is 22.3. The number of hydrogen-bond acceptors (Lipinski definition) is 8. The number of anilines is 2. The van der Waals surface area contributed by atoms with E-state index < -0.39 is 32.5 Å². The minimum absolute atomic E-state index is 0.0142. The molecular weight excluding hydrogens is 510 g/mol. The van der Waals surface area contributed by atoms with Gasteiger partial charge in [-0.2, -0.15) is 4.31 Å². The van der Waals surface area contributed by atoms with Crippen molar-refractivity contribution in [2.45, 2.75) is 24.2 Å². The van der Waals surface area contributed by atoms with E-state index in [1.54, 1.807) is 0 Å². The van der Waals surface area contributed by atoms with Crippen molar-refractivity contribution in [1.29, 1.82) is 0 Å². The number of piperidine rings is 1. The third kappa shape index (κ3) is 6.20. The summed E-state index contributed by atoms with van der Waals surface area (Å²) < 4.78 is 69.3. The number of nitrogens with zero attached hydrogens (tertiary/aromatic N) is 2. The predicted molar refractivity (Wildman–Crippen MR) is 136 cm³/mol. The molecule has 1 saturated heterocycles. The highest BCUT2D eigenvalue weighted by Crippen LogP contribution is 2.33. The first-order valence-electron chi connectivity index (χ1n) is 11.2. The number of carbonyl (C=O) groups excluding carboxylic acids is 1. The molecule has 13 heteroatoms. The van der Waals surface area contributed by atoms with Crippen molar-refractivity contribution in [2.75, 3.05) is 56.8 Å². The third-order valence-electron chi connectivity index (χ3n) is 5.74. The molecule has 3 rings (SSSR count). The van der Waals surface area contributed by atoms with E-state index in [9.17, 15) is 21.6 Å². The van der Waals surface area contributed by atoms with Gasteiger partial charge in [0.2, 0.25) is 26.0 Å². The first-order valence-corrected chi connectivity index (χ1v) is 14.5. The van der Waals surface area contributed by atoms with Gasteiger partial charge in [-0.25, -0.2) is 16.8 Å². The summed E-state index contributed by atoms with van der Waals surface area (Å²) in [5.74, 6) is 0.232. The predicted octanol–water partition coefficient (Wildman–Crippen LogP) is 2.29. The van der Waals surface area contributed by atoms with Crippen LogP contribution in [-0.4, -0.2) is 74.3 Å². The Labute approximate surface area is 212 Å². The van der Waals surface area contributed by atoms with E-state index >= 15 is 0 Å². The highest BCUT2D eigenvalue weighted by Gasteiger charge is 2.28. The first kappa shape index (κ1) is 27.6. The molecule has 2 aromatic carbocycles. The molecule has 1 fully saturated rings. The van der Waals surface area contributed by atoms with Gasteiger partial charge in [-0.3, -0.25) is 9.10 Å². The Hall–Kier alpha value is -3.03. The summed E-state index contributed by atoms with van der Waals surface area (Å²) in [4.78, 5) is 13.0. The van der Waals surface area contributed by atoms with Crippen molar-refractivity contribution in [3.8, 4) is 17.2 Å². The summed E-state index contributed by atoms with van der Waals surface area (Å²) in [7, 11) is -3.37. The number of sulfonamides is 2. The van der Waals surface area contributed by atoms with Gasteiger partial charge in [0, 0.05) is 19.2 Å². The summed E-state index contributed by atoms with van der Waals surface area (Å²) in [5, 5.41) is 2.59. The SMILES string of the molecule is COc1ccc(S(=O)(=O)N2CCCCC2)cc1NC(=O)CN(c1ccc(OC)c(OC)c1)S(C)(=O)=O. The maximum absolute atomic E-state index is 13.1. The van der Waals surface area contributed by atoms with Crippen molar-refractivity contribution < 1.29 is 35.8 Å². The van der Waals surface area contributed by atoms with Crippen molar-refractivity contribution in [1.82, 2.24) is 4.31 Å². The van der Waals surface area contributed by atoms with Crippen molar-refractivity contribution >= 4 is 37.3 Å². The Morgan fingerprint density at radius 3 is 2.08 bits per heavy atom. The molecule has 0 spiro atoms. The second kappa shape index (κ2) is 11.4. The molecule has 1 aliphatic heterocycles. The lowest BCUT2D eigenvalue weighted by molar-refractivity contribution is -0.114. The summed E-state index contributed by atoms with van der Waals surface area (Å²) in [6, 6.07) is 8.66. The molecule has 1 N–H and O–H groups in total. The van der Waals surface area contributed by atoms with Crippen LogP contribution < -0.4 is 23.8 Å². The van der Waals surface area contributed by atoms with E-state index in [4.69, 9.17) is 14.2 Å². The molecule has 198 valence electrons. The zero-order chi connectivity index (χ0) is 26.5. The number of nitrogens with one attached hydrogen (secondary N) is 1. The third-order valence-corrected chi connectivity index (χ3v) is 8.78. The molecule has 11 nitrogen and oxygen atoms in total. The maximum Gasteiger partial charge on any atom is 0.245 e. The van der Waals surface area contributed by atoms with Crippen LogP contribution in [0.25, 0.3) is 0 Å². The van der Waals surface area contributed by atoms with Crippen molar-refractivity contribution in [2.24, 2.45) is 0 Å². The van der Waals surface area contributed by atoms with Crippen LogP contribution in [0.3, 0.4) is 0 Å². The number of benzene rings is 2. The van der Waals surface area contributed by atoms with Gasteiger partial charge in [0.1, 0.15) is 12.3 Å². The van der Waals surface area contributed by atoms with Crippen LogP contribution in [0.4, 0.5) is 11.4 Å². The lowest BCUT2D eigenvalue weighted by atomic mass is 10.2. The number of ether oxygens (including phenoxy) is 3. The molecule has 0 aromatic heterocycles. The average molecular weight is 542 g/mol. The largest absolute Gasteiger partial charge is 0.495 e. The summed E-state index contributed by atoms with van der Waals surface area (Å²) in [6.45, 7) is 0.302. The Kier molecular flexibility index (Phi) is 8.69. The molecule has 0 aliphatic carbocycles. The molecule has 0 unspecified atom stereocenters. The van der Waals surface area contributed by atoms with E-state index in [1.165, 1.54) is 62.0 Å². The molecular formula is C23H31N3O8S2. The molecule has 0 bridgehead atoms. The van der Waals surface area contributed by atoms with Crippen molar-refractivity contribution in [3.63, 3.8) is 0 Å². The van der Waals surface area contributed by atoms with E-state index in [0.29, 0.717) is 24.6 Å². The van der Waals surface area contributed by atoms with Gasteiger partial charge in [-0.05, 0) is 43.2 Å². The van der Waals surface area contributed by atoms with Crippen LogP contribution in [0.2, 0.25) is 0 Å². The topological polar surface area (TPSA) is 132 Å². The molecule has 1 amide bonds.